The van der Waals surface area contributed by atoms with E-state index >= 15 is 0 Å². The summed E-state index contributed by atoms with van der Waals surface area (Å²) in [4.78, 5) is 15.4. The molecule has 0 bridgehead atoms. The third-order valence-corrected chi connectivity index (χ3v) is 5.54. The molecular formula is C23H34F3NO3. The van der Waals surface area contributed by atoms with E-state index in [-0.39, 0.29) is 24.0 Å². The zero-order valence-electron chi connectivity index (χ0n) is 18.2. The molecule has 0 radical (unpaired) electrons. The number of hydrogen-bond donors (Lipinski definition) is 1. The SMILES string of the molecule is C=C(C)CN(CC(C)C)C(=O)[C@H](C1=CCCC(OC(F)(F)F)=C1)C1(O)CCCCC1. The number of aliphatic hydroxyl groups is 1. The first kappa shape index (κ1) is 24.5. The highest BCUT2D eigenvalue weighted by molar-refractivity contribution is 5.84. The van der Waals surface area contributed by atoms with Gasteiger partial charge in [0.05, 0.1) is 11.5 Å². The van der Waals surface area contributed by atoms with Crippen molar-refractivity contribution in [3.63, 3.8) is 0 Å². The summed E-state index contributed by atoms with van der Waals surface area (Å²) >= 11 is 0. The Morgan fingerprint density at radius 1 is 1.30 bits per heavy atom. The number of hydrogen-bond acceptors (Lipinski definition) is 3. The van der Waals surface area contributed by atoms with Gasteiger partial charge >= 0.3 is 6.36 Å². The molecule has 0 heterocycles. The monoisotopic (exact) mass is 429 g/mol. The minimum absolute atomic E-state index is 0.115. The van der Waals surface area contributed by atoms with Gasteiger partial charge in [-0.25, -0.2) is 0 Å². The molecule has 30 heavy (non-hydrogen) atoms. The topological polar surface area (TPSA) is 49.8 Å². The number of amides is 1. The van der Waals surface area contributed by atoms with E-state index in [1.165, 1.54) is 6.08 Å². The van der Waals surface area contributed by atoms with E-state index in [4.69, 9.17) is 0 Å². The summed E-state index contributed by atoms with van der Waals surface area (Å²) in [5, 5.41) is 11.5. The molecule has 2 aliphatic rings. The molecule has 170 valence electrons. The quantitative estimate of drug-likeness (QED) is 0.519. The molecule has 2 rings (SSSR count). The predicted molar refractivity (Wildman–Crippen MR) is 110 cm³/mol. The number of alkyl halides is 3. The number of halogens is 3. The standard InChI is InChI=1S/C23H34F3NO3/c1-16(2)14-27(15-17(3)4)21(28)20(22(29)11-6-5-7-12-22)18-9-8-10-19(13-18)30-23(24,25)26/h9,13,17,20,29H,1,5-8,10-12,14-15H2,2-4H3/t20-/m0/s1. The van der Waals surface area contributed by atoms with Gasteiger partial charge in [-0.15, -0.1) is 13.2 Å². The van der Waals surface area contributed by atoms with Crippen LogP contribution in [-0.4, -0.2) is 41.0 Å². The van der Waals surface area contributed by atoms with Gasteiger partial charge in [-0.2, -0.15) is 0 Å². The minimum Gasteiger partial charge on any atom is -0.410 e. The van der Waals surface area contributed by atoms with Gasteiger partial charge in [0.1, 0.15) is 5.76 Å². The molecule has 0 saturated heterocycles. The Hall–Kier alpha value is -1.76. The van der Waals surface area contributed by atoms with Crippen LogP contribution in [0.4, 0.5) is 13.2 Å². The lowest BCUT2D eigenvalue weighted by molar-refractivity contribution is -0.306. The predicted octanol–water partition coefficient (Wildman–Crippen LogP) is 5.50. The van der Waals surface area contributed by atoms with Crippen molar-refractivity contribution < 1.29 is 27.8 Å². The van der Waals surface area contributed by atoms with Crippen molar-refractivity contribution in [3.8, 4) is 0 Å². The van der Waals surface area contributed by atoms with Crippen LogP contribution in [0.5, 0.6) is 0 Å². The molecule has 1 atom stereocenters. The molecule has 7 heteroatoms. The lowest BCUT2D eigenvalue weighted by Gasteiger charge is -2.42. The first-order valence-electron chi connectivity index (χ1n) is 10.7. The number of ether oxygens (including phenoxy) is 1. The summed E-state index contributed by atoms with van der Waals surface area (Å²) in [6, 6.07) is 0. The van der Waals surface area contributed by atoms with Crippen LogP contribution in [0.1, 0.15) is 65.7 Å². The van der Waals surface area contributed by atoms with Gasteiger partial charge in [0, 0.05) is 19.5 Å². The van der Waals surface area contributed by atoms with Gasteiger partial charge in [0.25, 0.3) is 0 Å². The fourth-order valence-electron chi connectivity index (χ4n) is 4.45. The summed E-state index contributed by atoms with van der Waals surface area (Å²) in [6.07, 6.45) is 2.20. The third kappa shape index (κ3) is 6.89. The van der Waals surface area contributed by atoms with Crippen molar-refractivity contribution in [2.45, 2.75) is 77.7 Å². The van der Waals surface area contributed by atoms with Gasteiger partial charge in [-0.3, -0.25) is 4.79 Å². The normalized spacial score (nSPS) is 20.3. The summed E-state index contributed by atoms with van der Waals surface area (Å²) in [5.41, 5.74) is -0.0409. The maximum absolute atomic E-state index is 13.7. The van der Waals surface area contributed by atoms with E-state index in [1.54, 1.807) is 11.0 Å². The van der Waals surface area contributed by atoms with E-state index in [1.807, 2.05) is 20.8 Å². The number of carbonyl (C=O) groups excluding carboxylic acids is 1. The van der Waals surface area contributed by atoms with Gasteiger partial charge in [0.2, 0.25) is 5.91 Å². The van der Waals surface area contributed by atoms with Crippen LogP contribution in [0.3, 0.4) is 0 Å². The van der Waals surface area contributed by atoms with E-state index in [0.29, 0.717) is 37.9 Å². The van der Waals surface area contributed by atoms with E-state index in [0.717, 1.165) is 24.8 Å². The molecule has 0 aromatic heterocycles. The number of carbonyl (C=O) groups is 1. The number of nitrogens with zero attached hydrogens (tertiary/aromatic N) is 1. The van der Waals surface area contributed by atoms with Gasteiger partial charge in [0.15, 0.2) is 0 Å². The highest BCUT2D eigenvalue weighted by Crippen LogP contribution is 2.41. The molecule has 0 aromatic carbocycles. The zero-order valence-corrected chi connectivity index (χ0v) is 18.2. The molecule has 1 fully saturated rings. The number of rotatable bonds is 8. The molecular weight excluding hydrogens is 395 g/mol. The third-order valence-electron chi connectivity index (χ3n) is 5.54. The van der Waals surface area contributed by atoms with Crippen molar-refractivity contribution in [2.24, 2.45) is 11.8 Å². The van der Waals surface area contributed by atoms with Crippen LogP contribution in [0.2, 0.25) is 0 Å². The summed E-state index contributed by atoms with van der Waals surface area (Å²) in [7, 11) is 0. The Morgan fingerprint density at radius 2 is 1.93 bits per heavy atom. The lowest BCUT2D eigenvalue weighted by atomic mass is 9.71. The fraction of sp³-hybridized carbons (Fsp3) is 0.696. The summed E-state index contributed by atoms with van der Waals surface area (Å²) in [6.45, 7) is 10.6. The average Bonchev–Trinajstić information content (AvgIpc) is 2.59. The highest BCUT2D eigenvalue weighted by Gasteiger charge is 2.46. The summed E-state index contributed by atoms with van der Waals surface area (Å²) in [5.74, 6) is -1.18. The first-order valence-corrected chi connectivity index (χ1v) is 10.7. The number of allylic oxidation sites excluding steroid dienone is 3. The Morgan fingerprint density at radius 3 is 2.47 bits per heavy atom. The molecule has 0 aromatic rings. The van der Waals surface area contributed by atoms with Crippen molar-refractivity contribution in [1.82, 2.24) is 4.90 Å². The summed E-state index contributed by atoms with van der Waals surface area (Å²) < 4.78 is 42.4. The van der Waals surface area contributed by atoms with Crippen molar-refractivity contribution >= 4 is 5.91 Å². The smallest absolute Gasteiger partial charge is 0.410 e. The van der Waals surface area contributed by atoms with Crippen LogP contribution in [0.15, 0.2) is 35.6 Å². The van der Waals surface area contributed by atoms with Gasteiger partial charge in [-0.1, -0.05) is 51.3 Å². The Bertz CT molecular complexity index is 688. The van der Waals surface area contributed by atoms with Crippen molar-refractivity contribution in [2.75, 3.05) is 13.1 Å². The van der Waals surface area contributed by atoms with Crippen molar-refractivity contribution in [3.05, 3.63) is 35.6 Å². The maximum atomic E-state index is 13.7. The molecule has 0 spiro atoms. The van der Waals surface area contributed by atoms with E-state index < -0.39 is 17.9 Å². The molecule has 1 saturated carbocycles. The van der Waals surface area contributed by atoms with Crippen molar-refractivity contribution in [1.29, 1.82) is 0 Å². The second kappa shape index (κ2) is 10.0. The Kier molecular flexibility index (Phi) is 8.20. The molecule has 0 unspecified atom stereocenters. The minimum atomic E-state index is -4.78. The maximum Gasteiger partial charge on any atom is 0.572 e. The molecule has 4 nitrogen and oxygen atoms in total. The molecule has 1 N–H and O–H groups in total. The zero-order chi connectivity index (χ0) is 22.5. The van der Waals surface area contributed by atoms with Gasteiger partial charge < -0.3 is 14.7 Å². The second-order valence-electron chi connectivity index (χ2n) is 9.07. The first-order chi connectivity index (χ1) is 13.9. The van der Waals surface area contributed by atoms with Crippen LogP contribution in [-0.2, 0) is 9.53 Å². The van der Waals surface area contributed by atoms with Crippen LogP contribution < -0.4 is 0 Å². The molecule has 0 aliphatic heterocycles. The average molecular weight is 430 g/mol. The van der Waals surface area contributed by atoms with Crippen LogP contribution in [0, 0.1) is 11.8 Å². The molecule has 2 aliphatic carbocycles. The second-order valence-corrected chi connectivity index (χ2v) is 9.07. The van der Waals surface area contributed by atoms with Gasteiger partial charge in [-0.05, 0) is 43.8 Å². The largest absolute Gasteiger partial charge is 0.572 e. The van der Waals surface area contributed by atoms with Crippen LogP contribution >= 0.6 is 0 Å². The Labute approximate surface area is 177 Å². The fourth-order valence-corrected chi connectivity index (χ4v) is 4.45. The van der Waals surface area contributed by atoms with E-state index in [9.17, 15) is 23.1 Å². The lowest BCUT2D eigenvalue weighted by Crippen LogP contribution is -2.51. The van der Waals surface area contributed by atoms with E-state index in [2.05, 4.69) is 11.3 Å². The molecule has 1 amide bonds. The Balaban J connectivity index is 2.43. The van der Waals surface area contributed by atoms with Crippen LogP contribution in [0.25, 0.3) is 0 Å². The highest BCUT2D eigenvalue weighted by atomic mass is 19.4.